The van der Waals surface area contributed by atoms with E-state index in [1.807, 2.05) is 6.92 Å². The Balaban J connectivity index is 1.39. The van der Waals surface area contributed by atoms with Crippen LogP contribution >= 0.6 is 11.8 Å². The zero-order valence-electron chi connectivity index (χ0n) is 16.8. The third kappa shape index (κ3) is 3.73. The molecule has 0 radical (unpaired) electrons. The Morgan fingerprint density at radius 3 is 2.66 bits per heavy atom. The predicted molar refractivity (Wildman–Crippen MR) is 112 cm³/mol. The zero-order chi connectivity index (χ0) is 20.7. The zero-order valence-corrected chi connectivity index (χ0v) is 17.6. The topological polar surface area (TPSA) is 93.1 Å². The Morgan fingerprint density at radius 2 is 2.07 bits per heavy atom. The van der Waals surface area contributed by atoms with Crippen LogP contribution in [0.25, 0.3) is 0 Å². The first-order valence-electron chi connectivity index (χ1n) is 10.3. The summed E-state index contributed by atoms with van der Waals surface area (Å²) >= 11 is 1.60. The molecule has 0 aromatic heterocycles. The Bertz CT molecular complexity index is 762. The third-order valence-electron chi connectivity index (χ3n) is 6.39. The lowest BCUT2D eigenvalue weighted by atomic mass is 9.79. The van der Waals surface area contributed by atoms with Crippen molar-refractivity contribution >= 4 is 23.6 Å². The highest BCUT2D eigenvalue weighted by molar-refractivity contribution is 8.03. The summed E-state index contributed by atoms with van der Waals surface area (Å²) in [6.07, 6.45) is 9.93. The fourth-order valence-corrected chi connectivity index (χ4v) is 6.26. The van der Waals surface area contributed by atoms with Crippen LogP contribution in [0.1, 0.15) is 26.7 Å². The highest BCUT2D eigenvalue weighted by Crippen LogP contribution is 2.51. The molecule has 0 aliphatic carbocycles. The standard InChI is InChI=1S/C21H29N3O4S/c1-12-17-16(13(2)25)20(26)24(17)18(21(27)28)19(12)29-15-6-5-14(22-11-15)7-10-23-8-3-4-9-23/h3-4,7,10,12-17,22,25H,5-6,8-9,11H2,1-2H3,(H,27,28)/b10-7+/t12?,13-,14?,15?,16-,17?/m1/s1. The molecule has 4 heterocycles. The van der Waals surface area contributed by atoms with E-state index in [1.165, 1.54) is 4.90 Å². The van der Waals surface area contributed by atoms with E-state index in [4.69, 9.17) is 0 Å². The molecular weight excluding hydrogens is 390 g/mol. The summed E-state index contributed by atoms with van der Waals surface area (Å²) in [7, 11) is 0. The molecule has 3 N–H and O–H groups in total. The molecule has 2 fully saturated rings. The summed E-state index contributed by atoms with van der Waals surface area (Å²) in [5.74, 6) is -1.89. The number of amides is 1. The van der Waals surface area contributed by atoms with E-state index in [-0.39, 0.29) is 28.8 Å². The maximum absolute atomic E-state index is 12.4. The maximum Gasteiger partial charge on any atom is 0.353 e. The fourth-order valence-electron chi connectivity index (χ4n) is 4.82. The van der Waals surface area contributed by atoms with Crippen molar-refractivity contribution in [2.75, 3.05) is 19.6 Å². The van der Waals surface area contributed by atoms with Gasteiger partial charge in [0.2, 0.25) is 5.91 Å². The van der Waals surface area contributed by atoms with Crippen molar-refractivity contribution in [2.45, 2.75) is 50.1 Å². The van der Waals surface area contributed by atoms with Gasteiger partial charge in [-0.25, -0.2) is 4.79 Å². The van der Waals surface area contributed by atoms with Gasteiger partial charge in [-0.15, -0.1) is 11.8 Å². The fraction of sp³-hybridized carbons (Fsp3) is 0.619. The van der Waals surface area contributed by atoms with Crippen molar-refractivity contribution in [3.8, 4) is 0 Å². The molecule has 4 aliphatic rings. The van der Waals surface area contributed by atoms with Crippen molar-refractivity contribution in [3.63, 3.8) is 0 Å². The molecule has 158 valence electrons. The second-order valence-electron chi connectivity index (χ2n) is 8.37. The van der Waals surface area contributed by atoms with Gasteiger partial charge < -0.3 is 25.3 Å². The maximum atomic E-state index is 12.4. The van der Waals surface area contributed by atoms with Gasteiger partial charge in [-0.05, 0) is 26.0 Å². The second-order valence-corrected chi connectivity index (χ2v) is 9.71. The van der Waals surface area contributed by atoms with E-state index in [2.05, 4.69) is 34.6 Å². The van der Waals surface area contributed by atoms with Crippen LogP contribution in [0.3, 0.4) is 0 Å². The van der Waals surface area contributed by atoms with Crippen LogP contribution in [0.2, 0.25) is 0 Å². The lowest BCUT2D eigenvalue weighted by molar-refractivity contribution is -0.163. The number of hydrogen-bond acceptors (Lipinski definition) is 6. The smallest absolute Gasteiger partial charge is 0.353 e. The number of rotatable bonds is 6. The molecule has 6 atom stereocenters. The van der Waals surface area contributed by atoms with Crippen molar-refractivity contribution < 1.29 is 19.8 Å². The Morgan fingerprint density at radius 1 is 1.34 bits per heavy atom. The summed E-state index contributed by atoms with van der Waals surface area (Å²) in [6.45, 7) is 6.32. The Kier molecular flexibility index (Phi) is 5.77. The van der Waals surface area contributed by atoms with Crippen LogP contribution in [-0.2, 0) is 9.59 Å². The molecule has 7 nitrogen and oxygen atoms in total. The van der Waals surface area contributed by atoms with Crippen LogP contribution in [0.4, 0.5) is 0 Å². The van der Waals surface area contributed by atoms with Crippen molar-refractivity contribution in [3.05, 3.63) is 35.0 Å². The molecule has 4 aliphatic heterocycles. The molecule has 0 spiro atoms. The monoisotopic (exact) mass is 419 g/mol. The molecule has 1 amide bonds. The number of carbonyl (C=O) groups excluding carboxylic acids is 1. The molecule has 0 saturated carbocycles. The molecule has 8 heteroatoms. The van der Waals surface area contributed by atoms with Crippen LogP contribution in [0, 0.1) is 11.8 Å². The number of β-lactam (4-membered cyclic amide) rings is 1. The first-order chi connectivity index (χ1) is 13.9. The minimum atomic E-state index is -1.05. The number of carbonyl (C=O) groups is 2. The first-order valence-corrected chi connectivity index (χ1v) is 11.2. The molecule has 0 aromatic carbocycles. The molecule has 0 bridgehead atoms. The van der Waals surface area contributed by atoms with E-state index in [1.54, 1.807) is 18.7 Å². The molecule has 4 rings (SSSR count). The molecule has 29 heavy (non-hydrogen) atoms. The third-order valence-corrected chi connectivity index (χ3v) is 7.94. The van der Waals surface area contributed by atoms with Gasteiger partial charge in [0.1, 0.15) is 5.70 Å². The largest absolute Gasteiger partial charge is 0.477 e. The van der Waals surface area contributed by atoms with Crippen LogP contribution in [0.5, 0.6) is 0 Å². The van der Waals surface area contributed by atoms with Gasteiger partial charge in [-0.3, -0.25) is 4.79 Å². The van der Waals surface area contributed by atoms with E-state index in [0.29, 0.717) is 6.04 Å². The Hall–Kier alpha value is -1.77. The van der Waals surface area contributed by atoms with Crippen molar-refractivity contribution in [1.82, 2.24) is 15.1 Å². The van der Waals surface area contributed by atoms with E-state index in [9.17, 15) is 19.8 Å². The summed E-state index contributed by atoms with van der Waals surface area (Å²) in [5.41, 5.74) is 0.123. The summed E-state index contributed by atoms with van der Waals surface area (Å²) in [6, 6.07) is 0.0971. The number of fused-ring (bicyclic) bond motifs is 1. The van der Waals surface area contributed by atoms with E-state index in [0.717, 1.165) is 37.4 Å². The van der Waals surface area contributed by atoms with Gasteiger partial charge in [-0.2, -0.15) is 0 Å². The van der Waals surface area contributed by atoms with E-state index >= 15 is 0 Å². The highest BCUT2D eigenvalue weighted by atomic mass is 32.2. The average Bonchev–Trinajstić information content (AvgIpc) is 3.27. The van der Waals surface area contributed by atoms with Gasteiger partial charge in [-0.1, -0.05) is 25.2 Å². The van der Waals surface area contributed by atoms with Gasteiger partial charge in [0.15, 0.2) is 0 Å². The number of piperidine rings is 1. The van der Waals surface area contributed by atoms with Crippen molar-refractivity contribution in [1.29, 1.82) is 0 Å². The number of carboxylic acids is 1. The molecule has 0 aromatic rings. The normalized spacial score (nSPS) is 35.4. The number of carboxylic acid groups (broad SMARTS) is 1. The molecule has 2 saturated heterocycles. The van der Waals surface area contributed by atoms with Crippen LogP contribution in [-0.4, -0.2) is 75.0 Å². The first kappa shape index (κ1) is 20.5. The van der Waals surface area contributed by atoms with Gasteiger partial charge in [0, 0.05) is 41.7 Å². The summed E-state index contributed by atoms with van der Waals surface area (Å²) < 4.78 is 0. The van der Waals surface area contributed by atoms with Gasteiger partial charge >= 0.3 is 5.97 Å². The number of nitrogens with zero attached hydrogens (tertiary/aromatic N) is 2. The van der Waals surface area contributed by atoms with Gasteiger partial charge in [0.05, 0.1) is 18.1 Å². The SMILES string of the molecule is CC1C(SC2CCC(/C=C/N3CC=CC3)NC2)=C(C(=O)O)N2C(=O)[C@H]([C@@H](C)O)C12. The highest BCUT2D eigenvalue weighted by Gasteiger charge is 2.60. The van der Waals surface area contributed by atoms with Crippen molar-refractivity contribution in [2.24, 2.45) is 11.8 Å². The summed E-state index contributed by atoms with van der Waals surface area (Å²) in [5, 5.41) is 23.5. The Labute approximate surface area is 175 Å². The summed E-state index contributed by atoms with van der Waals surface area (Å²) in [4.78, 5) is 28.8. The van der Waals surface area contributed by atoms with Gasteiger partial charge in [0.25, 0.3) is 0 Å². The van der Waals surface area contributed by atoms with E-state index < -0.39 is 18.0 Å². The predicted octanol–water partition coefficient (Wildman–Crippen LogP) is 1.38. The number of nitrogens with one attached hydrogen (secondary N) is 1. The lowest BCUT2D eigenvalue weighted by Crippen LogP contribution is -2.63. The molecule has 4 unspecified atom stereocenters. The minimum Gasteiger partial charge on any atom is -0.477 e. The van der Waals surface area contributed by atoms with Crippen LogP contribution in [0.15, 0.2) is 35.0 Å². The number of hydrogen-bond donors (Lipinski definition) is 3. The second kappa shape index (κ2) is 8.16. The number of thioether (sulfide) groups is 1. The average molecular weight is 420 g/mol. The molecular formula is C21H29N3O4S. The minimum absolute atomic E-state index is 0.0660. The quantitative estimate of drug-likeness (QED) is 0.442. The lowest BCUT2D eigenvalue weighted by Gasteiger charge is -2.46. The number of aliphatic hydroxyl groups excluding tert-OH is 1. The number of aliphatic hydroxyl groups is 1. The number of aliphatic carboxylic acids is 1. The van der Waals surface area contributed by atoms with Crippen LogP contribution < -0.4 is 5.32 Å².